The molecule has 0 bridgehead atoms. The SMILES string of the molecule is O=S(=O)(Nc1ccc(F)cc1O)c1cc(F)ccc1F. The minimum Gasteiger partial charge on any atom is -0.506 e. The average molecular weight is 303 g/mol. The molecule has 2 aromatic carbocycles. The van der Waals surface area contributed by atoms with Gasteiger partial charge in [-0.2, -0.15) is 0 Å². The van der Waals surface area contributed by atoms with Gasteiger partial charge in [-0.1, -0.05) is 0 Å². The van der Waals surface area contributed by atoms with Gasteiger partial charge in [0.05, 0.1) is 5.69 Å². The van der Waals surface area contributed by atoms with Crippen molar-refractivity contribution in [2.24, 2.45) is 0 Å². The molecule has 0 aromatic heterocycles. The summed E-state index contributed by atoms with van der Waals surface area (Å²) in [4.78, 5) is -0.916. The molecule has 20 heavy (non-hydrogen) atoms. The fourth-order valence-corrected chi connectivity index (χ4v) is 2.64. The lowest BCUT2D eigenvalue weighted by molar-refractivity contribution is 0.471. The van der Waals surface area contributed by atoms with E-state index < -0.39 is 38.1 Å². The van der Waals surface area contributed by atoms with Gasteiger partial charge in [-0.05, 0) is 30.3 Å². The van der Waals surface area contributed by atoms with Crippen molar-refractivity contribution in [2.75, 3.05) is 4.72 Å². The molecule has 0 aliphatic heterocycles. The number of rotatable bonds is 3. The average Bonchev–Trinajstić information content (AvgIpc) is 2.35. The van der Waals surface area contributed by atoms with Gasteiger partial charge in [0.1, 0.15) is 28.1 Å². The zero-order valence-electron chi connectivity index (χ0n) is 9.77. The van der Waals surface area contributed by atoms with Crippen LogP contribution in [0.5, 0.6) is 5.75 Å². The van der Waals surface area contributed by atoms with Gasteiger partial charge < -0.3 is 5.11 Å². The van der Waals surface area contributed by atoms with E-state index in [-0.39, 0.29) is 5.69 Å². The first kappa shape index (κ1) is 14.2. The van der Waals surface area contributed by atoms with Gasteiger partial charge in [-0.3, -0.25) is 4.72 Å². The van der Waals surface area contributed by atoms with E-state index in [4.69, 9.17) is 0 Å². The van der Waals surface area contributed by atoms with Gasteiger partial charge in [0.15, 0.2) is 0 Å². The molecule has 0 atom stereocenters. The van der Waals surface area contributed by atoms with Gasteiger partial charge in [0.25, 0.3) is 10.0 Å². The quantitative estimate of drug-likeness (QED) is 0.857. The molecule has 0 saturated carbocycles. The Hall–Kier alpha value is -2.22. The molecule has 8 heteroatoms. The first-order valence-corrected chi connectivity index (χ1v) is 6.74. The van der Waals surface area contributed by atoms with E-state index in [0.717, 1.165) is 18.2 Å². The van der Waals surface area contributed by atoms with Crippen LogP contribution in [-0.2, 0) is 10.0 Å². The Morgan fingerprint density at radius 2 is 1.55 bits per heavy atom. The predicted molar refractivity (Wildman–Crippen MR) is 65.2 cm³/mol. The molecule has 106 valence electrons. The lowest BCUT2D eigenvalue weighted by Gasteiger charge is -2.10. The number of phenols is 1. The Kier molecular flexibility index (Phi) is 3.58. The molecule has 0 unspecified atom stereocenters. The van der Waals surface area contributed by atoms with Crippen molar-refractivity contribution in [1.29, 1.82) is 0 Å². The van der Waals surface area contributed by atoms with Crippen molar-refractivity contribution in [1.82, 2.24) is 0 Å². The maximum Gasteiger partial charge on any atom is 0.265 e. The third-order valence-electron chi connectivity index (χ3n) is 2.39. The monoisotopic (exact) mass is 303 g/mol. The third kappa shape index (κ3) is 2.85. The second-order valence-corrected chi connectivity index (χ2v) is 5.49. The highest BCUT2D eigenvalue weighted by Crippen LogP contribution is 2.27. The molecule has 0 aliphatic rings. The van der Waals surface area contributed by atoms with Crippen LogP contribution in [0.15, 0.2) is 41.3 Å². The van der Waals surface area contributed by atoms with Crippen molar-refractivity contribution in [3.05, 3.63) is 53.8 Å². The Balaban J connectivity index is 2.43. The first-order chi connectivity index (χ1) is 9.29. The molecule has 0 fully saturated rings. The predicted octanol–water partition coefficient (Wildman–Crippen LogP) is 2.61. The Bertz CT molecular complexity index is 763. The molecule has 4 nitrogen and oxygen atoms in total. The highest BCUT2D eigenvalue weighted by molar-refractivity contribution is 7.92. The summed E-state index contributed by atoms with van der Waals surface area (Å²) in [6, 6.07) is 4.47. The fourth-order valence-electron chi connectivity index (χ4n) is 1.47. The molecule has 0 spiro atoms. The molecule has 0 amide bonds. The molecule has 0 aliphatic carbocycles. The zero-order valence-corrected chi connectivity index (χ0v) is 10.6. The van der Waals surface area contributed by atoms with Crippen LogP contribution >= 0.6 is 0 Å². The van der Waals surface area contributed by atoms with Crippen molar-refractivity contribution in [3.63, 3.8) is 0 Å². The molecule has 2 N–H and O–H groups in total. The highest BCUT2D eigenvalue weighted by Gasteiger charge is 2.21. The molecular weight excluding hydrogens is 295 g/mol. The first-order valence-electron chi connectivity index (χ1n) is 5.26. The topological polar surface area (TPSA) is 66.4 Å². The fraction of sp³-hybridized carbons (Fsp3) is 0. The number of aromatic hydroxyl groups is 1. The van der Waals surface area contributed by atoms with E-state index in [0.29, 0.717) is 18.2 Å². The summed E-state index contributed by atoms with van der Waals surface area (Å²) in [7, 11) is -4.45. The number of hydrogen-bond donors (Lipinski definition) is 2. The van der Waals surface area contributed by atoms with Crippen LogP contribution in [0.25, 0.3) is 0 Å². The summed E-state index contributed by atoms with van der Waals surface area (Å²) in [5.41, 5.74) is -0.352. The van der Waals surface area contributed by atoms with E-state index in [1.165, 1.54) is 0 Å². The molecule has 2 rings (SSSR count). The van der Waals surface area contributed by atoms with Crippen LogP contribution in [0.2, 0.25) is 0 Å². The zero-order chi connectivity index (χ0) is 14.9. The van der Waals surface area contributed by atoms with E-state index >= 15 is 0 Å². The molecular formula is C12H8F3NO3S. The Morgan fingerprint density at radius 1 is 0.950 bits per heavy atom. The summed E-state index contributed by atoms with van der Waals surface area (Å²) in [5.74, 6) is -3.54. The van der Waals surface area contributed by atoms with E-state index in [1.54, 1.807) is 0 Å². The maximum atomic E-state index is 13.4. The van der Waals surface area contributed by atoms with Crippen LogP contribution in [0.1, 0.15) is 0 Å². The summed E-state index contributed by atoms with van der Waals surface area (Å²) in [6.07, 6.45) is 0. The van der Waals surface area contributed by atoms with Gasteiger partial charge in [0.2, 0.25) is 0 Å². The normalized spacial score (nSPS) is 11.3. The number of phenolic OH excluding ortho intramolecular Hbond substituents is 1. The summed E-state index contributed by atoms with van der Waals surface area (Å²) in [5, 5.41) is 9.39. The van der Waals surface area contributed by atoms with Crippen molar-refractivity contribution in [2.45, 2.75) is 4.90 Å². The number of anilines is 1. The molecule has 2 aromatic rings. The lowest BCUT2D eigenvalue weighted by atomic mass is 10.3. The largest absolute Gasteiger partial charge is 0.506 e. The van der Waals surface area contributed by atoms with Crippen LogP contribution in [0, 0.1) is 17.5 Å². The number of nitrogens with one attached hydrogen (secondary N) is 1. The Morgan fingerprint density at radius 3 is 2.20 bits per heavy atom. The highest BCUT2D eigenvalue weighted by atomic mass is 32.2. The van der Waals surface area contributed by atoms with E-state index in [1.807, 2.05) is 4.72 Å². The van der Waals surface area contributed by atoms with Crippen molar-refractivity contribution >= 4 is 15.7 Å². The standard InChI is InChI=1S/C12H8F3NO3S/c13-7-2-4-10(11(17)5-7)16-20(18,19)12-6-8(14)1-3-9(12)15/h1-6,16-17H. The smallest absolute Gasteiger partial charge is 0.265 e. The second-order valence-electron chi connectivity index (χ2n) is 3.84. The van der Waals surface area contributed by atoms with Gasteiger partial charge in [0, 0.05) is 6.07 Å². The van der Waals surface area contributed by atoms with Crippen LogP contribution in [0.4, 0.5) is 18.9 Å². The molecule has 0 radical (unpaired) electrons. The van der Waals surface area contributed by atoms with E-state index in [9.17, 15) is 26.7 Å². The van der Waals surface area contributed by atoms with Gasteiger partial charge in [-0.25, -0.2) is 21.6 Å². The second kappa shape index (κ2) is 5.04. The number of sulfonamides is 1. The summed E-state index contributed by atoms with van der Waals surface area (Å²) in [6.45, 7) is 0. The Labute approximate surface area is 112 Å². The minimum atomic E-state index is -4.45. The van der Waals surface area contributed by atoms with E-state index in [2.05, 4.69) is 0 Å². The maximum absolute atomic E-state index is 13.4. The summed E-state index contributed by atoms with van der Waals surface area (Å²) < 4.78 is 64.8. The number of halogens is 3. The lowest BCUT2D eigenvalue weighted by Crippen LogP contribution is -2.15. The van der Waals surface area contributed by atoms with Crippen LogP contribution in [0.3, 0.4) is 0 Å². The summed E-state index contributed by atoms with van der Waals surface area (Å²) >= 11 is 0. The number of hydrogen-bond acceptors (Lipinski definition) is 3. The van der Waals surface area contributed by atoms with Gasteiger partial charge >= 0.3 is 0 Å². The van der Waals surface area contributed by atoms with Crippen LogP contribution in [-0.4, -0.2) is 13.5 Å². The third-order valence-corrected chi connectivity index (χ3v) is 3.77. The molecule has 0 saturated heterocycles. The van der Waals surface area contributed by atoms with Gasteiger partial charge in [-0.15, -0.1) is 0 Å². The van der Waals surface area contributed by atoms with Crippen molar-refractivity contribution in [3.8, 4) is 5.75 Å². The minimum absolute atomic E-state index is 0.352. The number of benzene rings is 2. The molecule has 0 heterocycles. The van der Waals surface area contributed by atoms with Crippen LogP contribution < -0.4 is 4.72 Å². The van der Waals surface area contributed by atoms with Crippen molar-refractivity contribution < 1.29 is 26.7 Å².